The summed E-state index contributed by atoms with van der Waals surface area (Å²) in [5.41, 5.74) is 0. The van der Waals surface area contributed by atoms with Gasteiger partial charge in [0.1, 0.15) is 6.26 Å². The highest BCUT2D eigenvalue weighted by molar-refractivity contribution is 5.84. The molecule has 2 N–H and O–H groups in total. The van der Waals surface area contributed by atoms with Gasteiger partial charge in [-0.3, -0.25) is 9.80 Å². The molecule has 1 rings (SSSR count). The number of carbonyl (C=O) groups is 1. The lowest BCUT2D eigenvalue weighted by molar-refractivity contribution is -0.132. The summed E-state index contributed by atoms with van der Waals surface area (Å²) in [5, 5.41) is 1.23. The minimum Gasteiger partial charge on any atom is -0.468 e. The first-order valence-electron chi connectivity index (χ1n) is 3.24. The van der Waals surface area contributed by atoms with E-state index in [9.17, 15) is 4.79 Å². The fourth-order valence-corrected chi connectivity index (χ4v) is 0.814. The van der Waals surface area contributed by atoms with Crippen LogP contribution in [0.4, 0.5) is 0 Å². The number of hydrogen-bond donors (Lipinski definition) is 1. The second-order valence-corrected chi connectivity index (χ2v) is 2.18. The minimum atomic E-state index is -0.659. The van der Waals surface area contributed by atoms with E-state index in [1.54, 1.807) is 0 Å². The molecule has 1 unspecified atom stereocenters. The van der Waals surface area contributed by atoms with Crippen molar-refractivity contribution in [2.45, 2.75) is 12.6 Å². The van der Waals surface area contributed by atoms with E-state index in [2.05, 4.69) is 6.58 Å². The van der Waals surface area contributed by atoms with Gasteiger partial charge in [0.2, 0.25) is 6.23 Å². The SMILES string of the molecule is C=CCC(=O)C1OC=CN1N. The van der Waals surface area contributed by atoms with Crippen molar-refractivity contribution in [3.8, 4) is 0 Å². The summed E-state index contributed by atoms with van der Waals surface area (Å²) < 4.78 is 4.90. The highest BCUT2D eigenvalue weighted by Gasteiger charge is 2.24. The van der Waals surface area contributed by atoms with Gasteiger partial charge < -0.3 is 4.74 Å². The zero-order valence-corrected chi connectivity index (χ0v) is 6.06. The summed E-state index contributed by atoms with van der Waals surface area (Å²) in [6, 6.07) is 0. The van der Waals surface area contributed by atoms with Gasteiger partial charge in [0.25, 0.3) is 0 Å². The number of nitrogens with two attached hydrogens (primary N) is 1. The van der Waals surface area contributed by atoms with Crippen molar-refractivity contribution < 1.29 is 9.53 Å². The summed E-state index contributed by atoms with van der Waals surface area (Å²) in [5.74, 6) is 5.29. The third-order valence-corrected chi connectivity index (χ3v) is 1.33. The molecule has 4 heteroatoms. The lowest BCUT2D eigenvalue weighted by atomic mass is 10.2. The van der Waals surface area contributed by atoms with Gasteiger partial charge in [-0.2, -0.15) is 0 Å². The van der Waals surface area contributed by atoms with Gasteiger partial charge in [-0.25, -0.2) is 5.84 Å². The number of ketones is 1. The van der Waals surface area contributed by atoms with Crippen LogP contribution in [-0.4, -0.2) is 17.0 Å². The predicted molar refractivity (Wildman–Crippen MR) is 39.9 cm³/mol. The van der Waals surface area contributed by atoms with Gasteiger partial charge in [0.05, 0.1) is 6.20 Å². The predicted octanol–water partition coefficient (Wildman–Crippen LogP) is 0.135. The second-order valence-electron chi connectivity index (χ2n) is 2.18. The standard InChI is InChI=1S/C7H10N2O2/c1-2-3-6(10)7-9(8)4-5-11-7/h2,4-5,7H,1,3,8H2. The lowest BCUT2D eigenvalue weighted by Crippen LogP contribution is -2.39. The fourth-order valence-electron chi connectivity index (χ4n) is 0.814. The molecule has 60 valence electrons. The first-order chi connectivity index (χ1) is 5.25. The largest absolute Gasteiger partial charge is 0.468 e. The number of nitrogens with zero attached hydrogens (tertiary/aromatic N) is 1. The average molecular weight is 154 g/mol. The number of rotatable bonds is 3. The van der Waals surface area contributed by atoms with Crippen LogP contribution in [0.1, 0.15) is 6.42 Å². The van der Waals surface area contributed by atoms with E-state index < -0.39 is 6.23 Å². The Morgan fingerprint density at radius 1 is 1.91 bits per heavy atom. The molecule has 0 amide bonds. The molecule has 0 saturated carbocycles. The Balaban J connectivity index is 2.48. The summed E-state index contributed by atoms with van der Waals surface area (Å²) >= 11 is 0. The van der Waals surface area contributed by atoms with Gasteiger partial charge in [0, 0.05) is 6.42 Å². The Labute approximate surface area is 64.9 Å². The van der Waals surface area contributed by atoms with Crippen LogP contribution in [0, 0.1) is 0 Å². The quantitative estimate of drug-likeness (QED) is 0.464. The Morgan fingerprint density at radius 2 is 2.64 bits per heavy atom. The Bertz CT molecular complexity index is 201. The van der Waals surface area contributed by atoms with E-state index in [-0.39, 0.29) is 12.2 Å². The number of carbonyl (C=O) groups excluding carboxylic acids is 1. The molecular formula is C7H10N2O2. The normalized spacial score (nSPS) is 21.5. The molecular weight excluding hydrogens is 144 g/mol. The van der Waals surface area contributed by atoms with Crippen molar-refractivity contribution in [3.63, 3.8) is 0 Å². The van der Waals surface area contributed by atoms with E-state index >= 15 is 0 Å². The topological polar surface area (TPSA) is 55.6 Å². The number of allylic oxidation sites excluding steroid dienone is 1. The highest BCUT2D eigenvalue weighted by atomic mass is 16.5. The molecule has 0 bridgehead atoms. The molecule has 0 fully saturated rings. The molecule has 11 heavy (non-hydrogen) atoms. The summed E-state index contributed by atoms with van der Waals surface area (Å²) in [6.45, 7) is 3.44. The molecule has 0 aliphatic carbocycles. The average Bonchev–Trinajstić information content (AvgIpc) is 2.36. The number of hydrazine groups is 1. The third-order valence-electron chi connectivity index (χ3n) is 1.33. The third kappa shape index (κ3) is 1.59. The summed E-state index contributed by atoms with van der Waals surface area (Å²) in [7, 11) is 0. The highest BCUT2D eigenvalue weighted by Crippen LogP contribution is 2.08. The molecule has 0 radical (unpaired) electrons. The Morgan fingerprint density at radius 3 is 3.09 bits per heavy atom. The minimum absolute atomic E-state index is 0.0903. The maximum atomic E-state index is 11.1. The van der Waals surface area contributed by atoms with Crippen LogP contribution in [0.2, 0.25) is 0 Å². The van der Waals surface area contributed by atoms with Crippen LogP contribution in [0.3, 0.4) is 0 Å². The van der Waals surface area contributed by atoms with Crippen LogP contribution < -0.4 is 5.84 Å². The van der Waals surface area contributed by atoms with E-state index in [4.69, 9.17) is 10.6 Å². The molecule has 0 aromatic carbocycles. The van der Waals surface area contributed by atoms with Crippen molar-refractivity contribution >= 4 is 5.78 Å². The van der Waals surface area contributed by atoms with Gasteiger partial charge in [-0.15, -0.1) is 6.58 Å². The molecule has 0 spiro atoms. The van der Waals surface area contributed by atoms with Gasteiger partial charge in [0.15, 0.2) is 5.78 Å². The van der Waals surface area contributed by atoms with Crippen molar-refractivity contribution in [2.75, 3.05) is 0 Å². The van der Waals surface area contributed by atoms with E-state index in [1.165, 1.54) is 23.5 Å². The summed E-state index contributed by atoms with van der Waals surface area (Å²) in [6.07, 6.45) is 4.04. The number of Topliss-reactive ketones (excluding diaryl/α,β-unsaturated/α-hetero) is 1. The summed E-state index contributed by atoms with van der Waals surface area (Å²) in [4.78, 5) is 11.1. The van der Waals surface area contributed by atoms with Crippen molar-refractivity contribution in [1.82, 2.24) is 5.01 Å². The number of hydrogen-bond acceptors (Lipinski definition) is 4. The molecule has 0 saturated heterocycles. The molecule has 1 aliphatic rings. The molecule has 1 heterocycles. The first kappa shape index (κ1) is 7.81. The van der Waals surface area contributed by atoms with Crippen molar-refractivity contribution in [2.24, 2.45) is 5.84 Å². The maximum Gasteiger partial charge on any atom is 0.243 e. The fraction of sp³-hybridized carbons (Fsp3) is 0.286. The smallest absolute Gasteiger partial charge is 0.243 e. The Hall–Kier alpha value is -1.29. The molecule has 1 atom stereocenters. The van der Waals surface area contributed by atoms with Crippen LogP contribution >= 0.6 is 0 Å². The molecule has 0 aromatic heterocycles. The molecule has 0 aromatic rings. The maximum absolute atomic E-state index is 11.1. The van der Waals surface area contributed by atoms with Crippen molar-refractivity contribution in [1.29, 1.82) is 0 Å². The van der Waals surface area contributed by atoms with Crippen LogP contribution in [0.5, 0.6) is 0 Å². The van der Waals surface area contributed by atoms with E-state index in [0.29, 0.717) is 0 Å². The second kappa shape index (κ2) is 3.21. The lowest BCUT2D eigenvalue weighted by Gasteiger charge is -2.16. The van der Waals surface area contributed by atoms with Crippen LogP contribution in [0.25, 0.3) is 0 Å². The molecule has 1 aliphatic heterocycles. The zero-order valence-electron chi connectivity index (χ0n) is 6.06. The van der Waals surface area contributed by atoms with Gasteiger partial charge in [-0.1, -0.05) is 6.08 Å². The zero-order chi connectivity index (χ0) is 8.27. The first-order valence-corrected chi connectivity index (χ1v) is 3.24. The van der Waals surface area contributed by atoms with E-state index in [1.807, 2.05) is 0 Å². The number of ether oxygens (including phenoxy) is 1. The monoisotopic (exact) mass is 154 g/mol. The van der Waals surface area contributed by atoms with Crippen LogP contribution in [0.15, 0.2) is 25.1 Å². The molecule has 4 nitrogen and oxygen atoms in total. The van der Waals surface area contributed by atoms with Gasteiger partial charge in [-0.05, 0) is 0 Å². The van der Waals surface area contributed by atoms with E-state index in [0.717, 1.165) is 0 Å². The van der Waals surface area contributed by atoms with Gasteiger partial charge >= 0.3 is 0 Å². The Kier molecular flexibility index (Phi) is 2.28. The van der Waals surface area contributed by atoms with Crippen molar-refractivity contribution in [3.05, 3.63) is 25.1 Å². The van der Waals surface area contributed by atoms with Crippen LogP contribution in [-0.2, 0) is 9.53 Å².